The number of anilines is 1. The van der Waals surface area contributed by atoms with Crippen molar-refractivity contribution in [3.05, 3.63) is 24.3 Å². The monoisotopic (exact) mass is 318 g/mol. The maximum absolute atomic E-state index is 12.5. The van der Waals surface area contributed by atoms with Crippen LogP contribution in [0.15, 0.2) is 24.3 Å². The molecule has 2 atom stereocenters. The van der Waals surface area contributed by atoms with Gasteiger partial charge in [0.1, 0.15) is 5.75 Å². The Morgan fingerprint density at radius 3 is 2.57 bits per heavy atom. The lowest BCUT2D eigenvalue weighted by molar-refractivity contribution is -0.900. The number of aromatic hydroxyl groups is 1. The minimum atomic E-state index is 0.293. The molecule has 2 saturated heterocycles. The lowest BCUT2D eigenvalue weighted by Crippen LogP contribution is -3.14. The number of carbonyl (C=O) groups is 1. The van der Waals surface area contributed by atoms with Crippen molar-refractivity contribution >= 4 is 11.6 Å². The highest BCUT2D eigenvalue weighted by molar-refractivity contribution is 5.77. The van der Waals surface area contributed by atoms with Crippen LogP contribution in [0.3, 0.4) is 0 Å². The summed E-state index contributed by atoms with van der Waals surface area (Å²) in [7, 11) is 0. The Morgan fingerprint density at radius 1 is 1.22 bits per heavy atom. The molecule has 1 aromatic rings. The summed E-state index contributed by atoms with van der Waals surface area (Å²) in [6.45, 7) is 8.54. The molecule has 0 radical (unpaired) electrons. The minimum Gasteiger partial charge on any atom is -0.508 e. The first-order valence-electron chi connectivity index (χ1n) is 8.77. The summed E-state index contributed by atoms with van der Waals surface area (Å²) in [6, 6.07) is 7.31. The number of likely N-dealkylation sites (tertiary alicyclic amines) is 1. The average Bonchev–Trinajstić information content (AvgIpc) is 2.56. The predicted octanol–water partition coefficient (Wildman–Crippen LogP) is 0.356. The van der Waals surface area contributed by atoms with E-state index in [0.29, 0.717) is 18.2 Å². The molecule has 1 aromatic carbocycles. The van der Waals surface area contributed by atoms with Gasteiger partial charge < -0.3 is 19.8 Å². The van der Waals surface area contributed by atoms with Gasteiger partial charge in [0.2, 0.25) is 0 Å². The van der Waals surface area contributed by atoms with Gasteiger partial charge in [-0.15, -0.1) is 0 Å². The fourth-order valence-corrected chi connectivity index (χ4v) is 3.76. The number of benzene rings is 1. The Balaban J connectivity index is 1.48. The highest BCUT2D eigenvalue weighted by Gasteiger charge is 2.27. The molecule has 126 valence electrons. The lowest BCUT2D eigenvalue weighted by Gasteiger charge is -2.37. The number of piperazine rings is 1. The van der Waals surface area contributed by atoms with Gasteiger partial charge in [0.15, 0.2) is 6.54 Å². The van der Waals surface area contributed by atoms with E-state index >= 15 is 0 Å². The summed E-state index contributed by atoms with van der Waals surface area (Å²) in [4.78, 5) is 18.3. The zero-order valence-electron chi connectivity index (χ0n) is 14.0. The number of hydrogen-bond acceptors (Lipinski definition) is 3. The van der Waals surface area contributed by atoms with Crippen molar-refractivity contribution in [1.82, 2.24) is 4.90 Å². The van der Waals surface area contributed by atoms with Crippen molar-refractivity contribution in [2.75, 3.05) is 50.7 Å². The molecule has 0 aliphatic carbocycles. The number of piperidine rings is 1. The Labute approximate surface area is 138 Å². The maximum Gasteiger partial charge on any atom is 0.277 e. The molecule has 2 aliphatic heterocycles. The lowest BCUT2D eigenvalue weighted by atomic mass is 10.0. The fourth-order valence-electron chi connectivity index (χ4n) is 3.76. The standard InChI is InChI=1S/C18H27N3O2/c1-15-3-2-8-19(13-15)14-18(23)21-11-9-20(10-12-21)16-4-6-17(22)7-5-16/h4-7,15,22H,2-3,8-14H2,1H3/p+1/t15-/m1/s1. The number of nitrogens with zero attached hydrogens (tertiary/aromatic N) is 2. The fraction of sp³-hybridized carbons (Fsp3) is 0.611. The van der Waals surface area contributed by atoms with Crippen LogP contribution in [0.2, 0.25) is 0 Å². The largest absolute Gasteiger partial charge is 0.508 e. The van der Waals surface area contributed by atoms with E-state index < -0.39 is 0 Å². The van der Waals surface area contributed by atoms with Crippen molar-refractivity contribution < 1.29 is 14.8 Å². The number of nitrogens with one attached hydrogen (secondary N) is 1. The van der Waals surface area contributed by atoms with Crippen LogP contribution in [0.5, 0.6) is 5.75 Å². The maximum atomic E-state index is 12.5. The molecule has 23 heavy (non-hydrogen) atoms. The van der Waals surface area contributed by atoms with Crippen molar-refractivity contribution in [1.29, 1.82) is 0 Å². The van der Waals surface area contributed by atoms with Gasteiger partial charge in [-0.2, -0.15) is 0 Å². The third-order valence-electron chi connectivity index (χ3n) is 5.11. The van der Waals surface area contributed by atoms with E-state index in [-0.39, 0.29) is 0 Å². The molecule has 0 spiro atoms. The molecule has 5 heteroatoms. The zero-order valence-corrected chi connectivity index (χ0v) is 14.0. The van der Waals surface area contributed by atoms with E-state index in [9.17, 15) is 9.90 Å². The van der Waals surface area contributed by atoms with Gasteiger partial charge in [0, 0.05) is 37.8 Å². The van der Waals surface area contributed by atoms with E-state index in [0.717, 1.165) is 50.9 Å². The van der Waals surface area contributed by atoms with Crippen LogP contribution in [-0.2, 0) is 4.79 Å². The van der Waals surface area contributed by atoms with Gasteiger partial charge in [-0.1, -0.05) is 6.92 Å². The Kier molecular flexibility index (Phi) is 5.06. The van der Waals surface area contributed by atoms with Crippen molar-refractivity contribution in [3.8, 4) is 5.75 Å². The molecular formula is C18H28N3O2+. The zero-order chi connectivity index (χ0) is 16.2. The molecule has 2 heterocycles. The number of rotatable bonds is 3. The first-order chi connectivity index (χ1) is 11.1. The molecule has 0 aromatic heterocycles. The van der Waals surface area contributed by atoms with Gasteiger partial charge in [-0.05, 0) is 37.1 Å². The van der Waals surface area contributed by atoms with Crippen LogP contribution in [-0.4, -0.2) is 61.7 Å². The summed E-state index contributed by atoms with van der Waals surface area (Å²) < 4.78 is 0. The number of carbonyl (C=O) groups excluding carboxylic acids is 1. The summed E-state index contributed by atoms with van der Waals surface area (Å²) >= 11 is 0. The number of phenols is 1. The van der Waals surface area contributed by atoms with Crippen molar-refractivity contribution in [3.63, 3.8) is 0 Å². The molecular weight excluding hydrogens is 290 g/mol. The van der Waals surface area contributed by atoms with E-state index in [1.54, 1.807) is 12.1 Å². The Hall–Kier alpha value is -1.75. The van der Waals surface area contributed by atoms with E-state index in [2.05, 4.69) is 11.8 Å². The van der Waals surface area contributed by atoms with Gasteiger partial charge in [0.25, 0.3) is 5.91 Å². The molecule has 2 aliphatic rings. The minimum absolute atomic E-state index is 0.293. The molecule has 1 unspecified atom stereocenters. The molecule has 0 bridgehead atoms. The molecule has 5 nitrogen and oxygen atoms in total. The summed E-state index contributed by atoms with van der Waals surface area (Å²) in [5.41, 5.74) is 1.12. The summed E-state index contributed by atoms with van der Waals surface area (Å²) in [5.74, 6) is 1.35. The average molecular weight is 318 g/mol. The van der Waals surface area contributed by atoms with Gasteiger partial charge in [0.05, 0.1) is 13.1 Å². The quantitative estimate of drug-likeness (QED) is 0.846. The van der Waals surface area contributed by atoms with E-state index in [1.165, 1.54) is 17.7 Å². The van der Waals surface area contributed by atoms with Crippen LogP contribution in [0, 0.1) is 5.92 Å². The number of hydrogen-bond donors (Lipinski definition) is 2. The second kappa shape index (κ2) is 7.21. The number of phenolic OH excluding ortho intramolecular Hbond substituents is 1. The van der Waals surface area contributed by atoms with Gasteiger partial charge in [-0.25, -0.2) is 0 Å². The van der Waals surface area contributed by atoms with Crippen LogP contribution in [0.1, 0.15) is 19.8 Å². The first-order valence-corrected chi connectivity index (χ1v) is 8.77. The second-order valence-electron chi connectivity index (χ2n) is 7.01. The second-order valence-corrected chi connectivity index (χ2v) is 7.01. The van der Waals surface area contributed by atoms with Crippen LogP contribution in [0.25, 0.3) is 0 Å². The molecule has 1 amide bonds. The van der Waals surface area contributed by atoms with Gasteiger partial charge in [-0.3, -0.25) is 4.79 Å². The molecule has 3 rings (SSSR count). The topological polar surface area (TPSA) is 48.2 Å². The highest BCUT2D eigenvalue weighted by Crippen LogP contribution is 2.19. The van der Waals surface area contributed by atoms with Crippen LogP contribution < -0.4 is 9.80 Å². The van der Waals surface area contributed by atoms with E-state index in [1.807, 2.05) is 17.0 Å². The third-order valence-corrected chi connectivity index (χ3v) is 5.11. The number of amides is 1. The first kappa shape index (κ1) is 16.1. The third kappa shape index (κ3) is 4.16. The SMILES string of the molecule is C[C@@H]1CCC[NH+](CC(=O)N2CCN(c3ccc(O)cc3)CC2)C1. The smallest absolute Gasteiger partial charge is 0.277 e. The Bertz CT molecular complexity index is 524. The van der Waals surface area contributed by atoms with Gasteiger partial charge >= 0.3 is 0 Å². The molecule has 0 saturated carbocycles. The Morgan fingerprint density at radius 2 is 1.91 bits per heavy atom. The van der Waals surface area contributed by atoms with Crippen molar-refractivity contribution in [2.45, 2.75) is 19.8 Å². The molecule has 2 fully saturated rings. The van der Waals surface area contributed by atoms with Crippen molar-refractivity contribution in [2.24, 2.45) is 5.92 Å². The summed E-state index contributed by atoms with van der Waals surface area (Å²) in [5, 5.41) is 9.37. The molecule has 2 N–H and O–H groups in total. The van der Waals surface area contributed by atoms with Crippen LogP contribution >= 0.6 is 0 Å². The predicted molar refractivity (Wildman–Crippen MR) is 90.9 cm³/mol. The highest BCUT2D eigenvalue weighted by atomic mass is 16.3. The van der Waals surface area contributed by atoms with Crippen LogP contribution in [0.4, 0.5) is 5.69 Å². The number of quaternary nitrogens is 1. The normalized spacial score (nSPS) is 25.4. The van der Waals surface area contributed by atoms with E-state index in [4.69, 9.17) is 0 Å². The summed E-state index contributed by atoms with van der Waals surface area (Å²) in [6.07, 6.45) is 2.56.